The van der Waals surface area contributed by atoms with Crippen molar-refractivity contribution in [2.45, 2.75) is 29.8 Å². The van der Waals surface area contributed by atoms with E-state index in [2.05, 4.69) is 16.7 Å². The van der Waals surface area contributed by atoms with Crippen molar-refractivity contribution in [3.8, 4) is 0 Å². The van der Waals surface area contributed by atoms with Gasteiger partial charge in [-0.15, -0.1) is 11.8 Å². The largest absolute Gasteiger partial charge is 0.456 e. The first kappa shape index (κ1) is 20.6. The first-order valence-corrected chi connectivity index (χ1v) is 11.8. The standard InChI is InChI=1S/C24H23N3O4S/c1-32-16-9-6-15(7-10-16)22-21-19(13-31-23(21)29)27(24(30)26-22)12-20(28)25-18-11-8-14-4-2-3-5-17(14)18/h2-7,9-10,18,22H,8,11-13H2,1H3,(H,25,28)(H,26,30)/t18-,22+/m0/s1. The quantitative estimate of drug-likeness (QED) is 0.541. The lowest BCUT2D eigenvalue weighted by molar-refractivity contribution is -0.136. The monoisotopic (exact) mass is 449 g/mol. The van der Waals surface area contributed by atoms with Gasteiger partial charge in [-0.1, -0.05) is 36.4 Å². The van der Waals surface area contributed by atoms with Crippen molar-refractivity contribution in [2.24, 2.45) is 0 Å². The third-order valence-electron chi connectivity index (χ3n) is 6.22. The minimum Gasteiger partial charge on any atom is -0.456 e. The normalized spacial score (nSPS) is 21.7. The SMILES string of the molecule is CSc1ccc([C@H]2NC(=O)N(CC(=O)N[C@H]3CCc4ccccc43)C3=C2C(=O)OC3)cc1. The Bertz CT molecular complexity index is 1130. The molecule has 2 N–H and O–H groups in total. The first-order chi connectivity index (χ1) is 15.5. The van der Waals surface area contributed by atoms with Gasteiger partial charge >= 0.3 is 12.0 Å². The number of nitrogens with one attached hydrogen (secondary N) is 2. The molecule has 2 aliphatic heterocycles. The average Bonchev–Trinajstić information content (AvgIpc) is 3.39. The minimum absolute atomic E-state index is 0.0134. The zero-order chi connectivity index (χ0) is 22.2. The van der Waals surface area contributed by atoms with Crippen LogP contribution in [0.4, 0.5) is 4.79 Å². The summed E-state index contributed by atoms with van der Waals surface area (Å²) in [6.07, 6.45) is 3.74. The van der Waals surface area contributed by atoms with Crippen LogP contribution in [0.15, 0.2) is 64.7 Å². The van der Waals surface area contributed by atoms with Crippen molar-refractivity contribution < 1.29 is 19.1 Å². The molecule has 0 radical (unpaired) electrons. The molecule has 7 nitrogen and oxygen atoms in total. The number of cyclic esters (lactones) is 1. The second-order valence-electron chi connectivity index (χ2n) is 8.04. The fourth-order valence-corrected chi connectivity index (χ4v) is 5.02. The van der Waals surface area contributed by atoms with Gasteiger partial charge in [0.15, 0.2) is 0 Å². The Balaban J connectivity index is 1.36. The number of amides is 3. The minimum atomic E-state index is -0.593. The number of fused-ring (bicyclic) bond motifs is 1. The number of thioether (sulfide) groups is 1. The molecular weight excluding hydrogens is 426 g/mol. The fraction of sp³-hybridized carbons (Fsp3) is 0.292. The van der Waals surface area contributed by atoms with E-state index in [1.54, 1.807) is 11.8 Å². The summed E-state index contributed by atoms with van der Waals surface area (Å²) in [5.74, 6) is -0.732. The maximum Gasteiger partial charge on any atom is 0.338 e. The van der Waals surface area contributed by atoms with Gasteiger partial charge < -0.3 is 15.4 Å². The molecule has 0 saturated carbocycles. The highest BCUT2D eigenvalue weighted by Gasteiger charge is 2.42. The molecule has 8 heteroatoms. The number of carbonyl (C=O) groups excluding carboxylic acids is 3. The molecule has 3 amide bonds. The number of carbonyl (C=O) groups is 3. The van der Waals surface area contributed by atoms with Crippen LogP contribution in [0.3, 0.4) is 0 Å². The number of hydrogen-bond donors (Lipinski definition) is 2. The molecule has 2 aromatic carbocycles. The Hall–Kier alpha value is -3.26. The number of rotatable bonds is 5. The predicted octanol–water partition coefficient (Wildman–Crippen LogP) is 3.09. The summed E-state index contributed by atoms with van der Waals surface area (Å²) in [7, 11) is 0. The summed E-state index contributed by atoms with van der Waals surface area (Å²) >= 11 is 1.62. The number of nitrogens with zero attached hydrogens (tertiary/aromatic N) is 1. The van der Waals surface area contributed by atoms with E-state index in [1.807, 2.05) is 48.7 Å². The van der Waals surface area contributed by atoms with Crippen LogP contribution in [-0.2, 0) is 20.7 Å². The van der Waals surface area contributed by atoms with Crippen molar-refractivity contribution in [1.82, 2.24) is 15.5 Å². The lowest BCUT2D eigenvalue weighted by Crippen LogP contribution is -2.50. The van der Waals surface area contributed by atoms with E-state index < -0.39 is 18.0 Å². The highest BCUT2D eigenvalue weighted by Crippen LogP contribution is 2.36. The zero-order valence-corrected chi connectivity index (χ0v) is 18.4. The van der Waals surface area contributed by atoms with E-state index in [0.29, 0.717) is 11.3 Å². The number of hydrogen-bond acceptors (Lipinski definition) is 5. The lowest BCUT2D eigenvalue weighted by atomic mass is 9.96. The Kier molecular flexibility index (Phi) is 5.38. The van der Waals surface area contributed by atoms with Gasteiger partial charge in [-0.2, -0.15) is 0 Å². The van der Waals surface area contributed by atoms with Crippen LogP contribution >= 0.6 is 11.8 Å². The first-order valence-electron chi connectivity index (χ1n) is 10.5. The number of urea groups is 1. The molecule has 5 rings (SSSR count). The van der Waals surface area contributed by atoms with E-state index in [1.165, 1.54) is 10.5 Å². The maximum atomic E-state index is 13.0. The number of aryl methyl sites for hydroxylation is 1. The Morgan fingerprint density at radius 3 is 2.75 bits per heavy atom. The van der Waals surface area contributed by atoms with Crippen LogP contribution in [-0.4, -0.2) is 42.2 Å². The number of ether oxygens (including phenoxy) is 1. The van der Waals surface area contributed by atoms with Crippen LogP contribution in [0.25, 0.3) is 0 Å². The second kappa shape index (κ2) is 8.35. The number of esters is 1. The van der Waals surface area contributed by atoms with Crippen LogP contribution in [0.2, 0.25) is 0 Å². The third-order valence-corrected chi connectivity index (χ3v) is 6.96. The van der Waals surface area contributed by atoms with Gasteiger partial charge in [0.1, 0.15) is 13.2 Å². The second-order valence-corrected chi connectivity index (χ2v) is 8.92. The molecule has 3 aliphatic rings. The summed E-state index contributed by atoms with van der Waals surface area (Å²) in [5.41, 5.74) is 4.01. The summed E-state index contributed by atoms with van der Waals surface area (Å²) in [5, 5.41) is 5.92. The molecule has 164 valence electrons. The molecule has 0 unspecified atom stereocenters. The molecule has 0 aromatic heterocycles. The third kappa shape index (κ3) is 3.64. The zero-order valence-electron chi connectivity index (χ0n) is 17.6. The number of benzene rings is 2. The van der Waals surface area contributed by atoms with Crippen molar-refractivity contribution >= 4 is 29.7 Å². The molecule has 0 spiro atoms. The molecule has 2 heterocycles. The smallest absolute Gasteiger partial charge is 0.338 e. The Morgan fingerprint density at radius 2 is 1.97 bits per heavy atom. The Labute approximate surface area is 190 Å². The van der Waals surface area contributed by atoms with E-state index in [9.17, 15) is 14.4 Å². The molecule has 2 atom stereocenters. The maximum absolute atomic E-state index is 13.0. The van der Waals surface area contributed by atoms with E-state index in [-0.39, 0.29) is 25.1 Å². The average molecular weight is 450 g/mol. The lowest BCUT2D eigenvalue weighted by Gasteiger charge is -2.32. The molecule has 0 bridgehead atoms. The van der Waals surface area contributed by atoms with Gasteiger partial charge in [-0.25, -0.2) is 9.59 Å². The predicted molar refractivity (Wildman–Crippen MR) is 120 cm³/mol. The van der Waals surface area contributed by atoms with E-state index >= 15 is 0 Å². The summed E-state index contributed by atoms with van der Waals surface area (Å²) < 4.78 is 5.25. The summed E-state index contributed by atoms with van der Waals surface area (Å²) in [6, 6.07) is 14.7. The van der Waals surface area contributed by atoms with E-state index in [4.69, 9.17) is 4.74 Å². The van der Waals surface area contributed by atoms with E-state index in [0.717, 1.165) is 28.9 Å². The molecular formula is C24H23N3O4S. The fourth-order valence-electron chi connectivity index (χ4n) is 4.62. The van der Waals surface area contributed by atoms with Gasteiger partial charge in [-0.05, 0) is 47.9 Å². The van der Waals surface area contributed by atoms with Gasteiger partial charge in [0.05, 0.1) is 23.4 Å². The van der Waals surface area contributed by atoms with Crippen LogP contribution in [0.1, 0.15) is 35.2 Å². The van der Waals surface area contributed by atoms with Crippen LogP contribution in [0, 0.1) is 0 Å². The van der Waals surface area contributed by atoms with Crippen molar-refractivity contribution in [3.63, 3.8) is 0 Å². The molecule has 0 fully saturated rings. The topological polar surface area (TPSA) is 87.7 Å². The van der Waals surface area contributed by atoms with Gasteiger partial charge in [-0.3, -0.25) is 9.69 Å². The summed E-state index contributed by atoms with van der Waals surface area (Å²) in [6.45, 7) is -0.182. The molecule has 2 aromatic rings. The van der Waals surface area contributed by atoms with Crippen LogP contribution < -0.4 is 10.6 Å². The summed E-state index contributed by atoms with van der Waals surface area (Å²) in [4.78, 5) is 40.7. The van der Waals surface area contributed by atoms with Crippen molar-refractivity contribution in [2.75, 3.05) is 19.4 Å². The molecule has 32 heavy (non-hydrogen) atoms. The van der Waals surface area contributed by atoms with Gasteiger partial charge in [0.25, 0.3) is 0 Å². The van der Waals surface area contributed by atoms with Gasteiger partial charge in [0, 0.05) is 4.90 Å². The molecule has 1 aliphatic carbocycles. The molecule has 0 saturated heterocycles. The van der Waals surface area contributed by atoms with Crippen molar-refractivity contribution in [3.05, 3.63) is 76.5 Å². The van der Waals surface area contributed by atoms with Crippen LogP contribution in [0.5, 0.6) is 0 Å². The Morgan fingerprint density at radius 1 is 1.19 bits per heavy atom. The van der Waals surface area contributed by atoms with Gasteiger partial charge in [0.2, 0.25) is 5.91 Å². The highest BCUT2D eigenvalue weighted by molar-refractivity contribution is 7.98. The van der Waals surface area contributed by atoms with Crippen molar-refractivity contribution in [1.29, 1.82) is 0 Å². The highest BCUT2D eigenvalue weighted by atomic mass is 32.2.